The molecule has 21 heavy (non-hydrogen) atoms. The molecule has 6 heteroatoms. The van der Waals surface area contributed by atoms with Crippen LogP contribution in [0.4, 0.5) is 4.79 Å². The molecule has 2 aliphatic rings. The van der Waals surface area contributed by atoms with Crippen molar-refractivity contribution in [1.29, 1.82) is 0 Å². The number of carbonyl (C=O) groups is 3. The number of hydrogen-bond acceptors (Lipinski definition) is 3. The molecule has 1 N–H and O–H groups in total. The fraction of sp³-hybridized carbons (Fsp3) is 0.800. The second-order valence-electron chi connectivity index (χ2n) is 6.20. The molecule has 6 nitrogen and oxygen atoms in total. The fourth-order valence-electron chi connectivity index (χ4n) is 3.24. The Morgan fingerprint density at radius 3 is 2.48 bits per heavy atom. The van der Waals surface area contributed by atoms with Crippen molar-refractivity contribution in [1.82, 2.24) is 15.1 Å². The van der Waals surface area contributed by atoms with Crippen LogP contribution >= 0.6 is 0 Å². The van der Waals surface area contributed by atoms with Crippen molar-refractivity contribution in [2.45, 2.75) is 64.0 Å². The number of urea groups is 1. The van der Waals surface area contributed by atoms with E-state index in [0.29, 0.717) is 12.8 Å². The Bertz CT molecular complexity index is 443. The summed E-state index contributed by atoms with van der Waals surface area (Å²) in [7, 11) is 1.68. The largest absolute Gasteiger partial charge is 0.352 e. The summed E-state index contributed by atoms with van der Waals surface area (Å²) < 4.78 is 0. The summed E-state index contributed by atoms with van der Waals surface area (Å²) in [6.07, 6.45) is 5.24. The van der Waals surface area contributed by atoms with E-state index in [1.54, 1.807) is 11.9 Å². The molecule has 2 rings (SSSR count). The topological polar surface area (TPSA) is 69.7 Å². The summed E-state index contributed by atoms with van der Waals surface area (Å²) in [5.74, 6) is -0.471. The first kappa shape index (κ1) is 15.8. The molecule has 1 saturated heterocycles. The molecule has 0 radical (unpaired) electrons. The molecule has 1 aliphatic carbocycles. The number of carbonyl (C=O) groups excluding carboxylic acids is 3. The van der Waals surface area contributed by atoms with E-state index in [2.05, 4.69) is 5.32 Å². The zero-order valence-corrected chi connectivity index (χ0v) is 13.1. The average Bonchev–Trinajstić information content (AvgIpc) is 2.64. The summed E-state index contributed by atoms with van der Waals surface area (Å²) in [5.41, 5.74) is -0.702. The van der Waals surface area contributed by atoms with E-state index in [0.717, 1.165) is 30.6 Å². The number of rotatable bonds is 4. The zero-order chi connectivity index (χ0) is 15.6. The van der Waals surface area contributed by atoms with Gasteiger partial charge < -0.3 is 10.2 Å². The third kappa shape index (κ3) is 2.76. The molecule has 0 bridgehead atoms. The summed E-state index contributed by atoms with van der Waals surface area (Å²) in [4.78, 5) is 39.6. The molecular weight excluding hydrogens is 270 g/mol. The van der Waals surface area contributed by atoms with Crippen molar-refractivity contribution < 1.29 is 14.4 Å². The van der Waals surface area contributed by atoms with Gasteiger partial charge in [0.2, 0.25) is 5.91 Å². The van der Waals surface area contributed by atoms with Crippen molar-refractivity contribution in [3.05, 3.63) is 0 Å². The summed E-state index contributed by atoms with van der Waals surface area (Å²) in [5, 5.41) is 2.80. The van der Waals surface area contributed by atoms with Crippen LogP contribution in [-0.2, 0) is 9.59 Å². The van der Waals surface area contributed by atoms with Crippen LogP contribution in [0.2, 0.25) is 0 Å². The lowest BCUT2D eigenvalue weighted by atomic mass is 9.81. The Hall–Kier alpha value is -1.59. The highest BCUT2D eigenvalue weighted by molar-refractivity contribution is 6.08. The highest BCUT2D eigenvalue weighted by Gasteiger charge is 2.55. The smallest absolute Gasteiger partial charge is 0.327 e. The maximum absolute atomic E-state index is 12.7. The van der Waals surface area contributed by atoms with Crippen LogP contribution in [0.1, 0.15) is 52.4 Å². The van der Waals surface area contributed by atoms with Gasteiger partial charge in [-0.15, -0.1) is 0 Å². The normalized spacial score (nSPS) is 22.8. The van der Waals surface area contributed by atoms with Crippen molar-refractivity contribution in [2.75, 3.05) is 13.6 Å². The van der Waals surface area contributed by atoms with Gasteiger partial charge in [0.1, 0.15) is 12.1 Å². The molecule has 1 unspecified atom stereocenters. The zero-order valence-electron chi connectivity index (χ0n) is 13.1. The standard InChI is InChI=1S/C15H25N3O3/c1-4-11(2)16-12(19)10-18-13(20)15(17(3)14(18)21)8-6-5-7-9-15/h11H,4-10H2,1-3H3,(H,16,19). The molecule has 0 aromatic heterocycles. The maximum Gasteiger partial charge on any atom is 0.327 e. The summed E-state index contributed by atoms with van der Waals surface area (Å²) in [6.45, 7) is 3.70. The molecule has 1 atom stereocenters. The number of nitrogens with one attached hydrogen (secondary N) is 1. The molecule has 4 amide bonds. The predicted molar refractivity (Wildman–Crippen MR) is 78.6 cm³/mol. The van der Waals surface area contributed by atoms with Crippen LogP contribution in [0, 0.1) is 0 Å². The van der Waals surface area contributed by atoms with Crippen LogP contribution in [0.25, 0.3) is 0 Å². The second kappa shape index (κ2) is 6.03. The Balaban J connectivity index is 2.09. The predicted octanol–water partition coefficient (Wildman–Crippen LogP) is 1.50. The van der Waals surface area contributed by atoms with Gasteiger partial charge in [-0.05, 0) is 26.2 Å². The quantitative estimate of drug-likeness (QED) is 0.799. The molecule has 0 aromatic rings. The minimum Gasteiger partial charge on any atom is -0.352 e. The second-order valence-corrected chi connectivity index (χ2v) is 6.20. The lowest BCUT2D eigenvalue weighted by molar-refractivity contribution is -0.137. The first-order valence-corrected chi connectivity index (χ1v) is 7.81. The summed E-state index contributed by atoms with van der Waals surface area (Å²) in [6, 6.07) is -0.298. The van der Waals surface area contributed by atoms with E-state index in [9.17, 15) is 14.4 Å². The van der Waals surface area contributed by atoms with E-state index in [1.165, 1.54) is 0 Å². The van der Waals surface area contributed by atoms with Crippen molar-refractivity contribution in [3.63, 3.8) is 0 Å². The highest BCUT2D eigenvalue weighted by Crippen LogP contribution is 2.39. The Morgan fingerprint density at radius 2 is 1.90 bits per heavy atom. The maximum atomic E-state index is 12.7. The van der Waals surface area contributed by atoms with Crippen LogP contribution in [0.15, 0.2) is 0 Å². The number of amides is 4. The average molecular weight is 295 g/mol. The van der Waals surface area contributed by atoms with Gasteiger partial charge in [-0.25, -0.2) is 4.79 Å². The van der Waals surface area contributed by atoms with E-state index in [1.807, 2.05) is 13.8 Å². The monoisotopic (exact) mass is 295 g/mol. The summed E-state index contributed by atoms with van der Waals surface area (Å²) >= 11 is 0. The third-order valence-corrected chi connectivity index (χ3v) is 4.81. The molecule has 2 fully saturated rings. The minimum absolute atomic E-state index is 0.0478. The molecule has 0 aromatic carbocycles. The van der Waals surface area contributed by atoms with Gasteiger partial charge in [-0.1, -0.05) is 26.2 Å². The van der Waals surface area contributed by atoms with Crippen molar-refractivity contribution >= 4 is 17.8 Å². The van der Waals surface area contributed by atoms with E-state index >= 15 is 0 Å². The number of hydrogen-bond donors (Lipinski definition) is 1. The molecule has 118 valence electrons. The van der Waals surface area contributed by atoms with Gasteiger partial charge in [-0.3, -0.25) is 14.5 Å². The lowest BCUT2D eigenvalue weighted by Gasteiger charge is -2.35. The Morgan fingerprint density at radius 1 is 1.29 bits per heavy atom. The number of likely N-dealkylation sites (N-methyl/N-ethyl adjacent to an activating group) is 1. The van der Waals surface area contributed by atoms with Gasteiger partial charge in [0, 0.05) is 13.1 Å². The van der Waals surface area contributed by atoms with Gasteiger partial charge in [0.05, 0.1) is 0 Å². The van der Waals surface area contributed by atoms with Gasteiger partial charge in [0.25, 0.3) is 5.91 Å². The molecule has 1 aliphatic heterocycles. The van der Waals surface area contributed by atoms with Crippen LogP contribution in [0.5, 0.6) is 0 Å². The van der Waals surface area contributed by atoms with Crippen molar-refractivity contribution in [2.24, 2.45) is 0 Å². The van der Waals surface area contributed by atoms with Gasteiger partial charge >= 0.3 is 6.03 Å². The van der Waals surface area contributed by atoms with Gasteiger partial charge in [-0.2, -0.15) is 0 Å². The van der Waals surface area contributed by atoms with Crippen LogP contribution in [0.3, 0.4) is 0 Å². The fourth-order valence-corrected chi connectivity index (χ4v) is 3.24. The molecule has 1 saturated carbocycles. The van der Waals surface area contributed by atoms with E-state index in [-0.39, 0.29) is 30.4 Å². The van der Waals surface area contributed by atoms with Crippen molar-refractivity contribution in [3.8, 4) is 0 Å². The van der Waals surface area contributed by atoms with Crippen LogP contribution in [-0.4, -0.2) is 52.8 Å². The van der Waals surface area contributed by atoms with E-state index in [4.69, 9.17) is 0 Å². The SMILES string of the molecule is CCC(C)NC(=O)CN1C(=O)N(C)C2(CCCCC2)C1=O. The third-order valence-electron chi connectivity index (χ3n) is 4.81. The molecule has 1 spiro atoms. The highest BCUT2D eigenvalue weighted by atomic mass is 16.2. The lowest BCUT2D eigenvalue weighted by Crippen LogP contribution is -2.49. The first-order valence-electron chi connectivity index (χ1n) is 7.81. The number of nitrogens with zero attached hydrogens (tertiary/aromatic N) is 2. The Labute approximate surface area is 125 Å². The first-order chi connectivity index (χ1) is 9.92. The molecule has 1 heterocycles. The Kier molecular flexibility index (Phi) is 4.54. The minimum atomic E-state index is -0.702. The van der Waals surface area contributed by atoms with E-state index < -0.39 is 5.54 Å². The van der Waals surface area contributed by atoms with Gasteiger partial charge in [0.15, 0.2) is 0 Å². The molecular formula is C15H25N3O3. The number of imide groups is 1. The van der Waals surface area contributed by atoms with Crippen LogP contribution < -0.4 is 5.32 Å².